The van der Waals surface area contributed by atoms with Crippen molar-refractivity contribution in [1.29, 1.82) is 0 Å². The third-order valence-electron chi connectivity index (χ3n) is 3.61. The molecule has 1 aromatic rings. The second-order valence-electron chi connectivity index (χ2n) is 5.56. The molecule has 1 unspecified atom stereocenters. The van der Waals surface area contributed by atoms with Crippen molar-refractivity contribution in [1.82, 2.24) is 4.90 Å². The number of esters is 1. The Morgan fingerprint density at radius 1 is 1.40 bits per heavy atom. The topological polar surface area (TPSA) is 38.8 Å². The summed E-state index contributed by atoms with van der Waals surface area (Å²) in [4.78, 5) is 14.4. The maximum atomic E-state index is 12.3. The largest absolute Gasteiger partial charge is 0.465 e. The van der Waals surface area contributed by atoms with Gasteiger partial charge < -0.3 is 9.47 Å². The van der Waals surface area contributed by atoms with Crippen molar-refractivity contribution < 1.29 is 14.3 Å². The van der Waals surface area contributed by atoms with Crippen LogP contribution in [0.5, 0.6) is 0 Å². The van der Waals surface area contributed by atoms with E-state index in [1.54, 1.807) is 0 Å². The van der Waals surface area contributed by atoms with Crippen molar-refractivity contribution in [3.8, 4) is 0 Å². The standard InChI is InChI=1S/C16H23NO3/c1-4-19-15(18)14-16(2,3)20-11-10-17(14)12-13-8-6-5-7-9-13/h5-9,14H,4,10-12H2,1-3H3. The van der Waals surface area contributed by atoms with Gasteiger partial charge in [0.1, 0.15) is 6.04 Å². The van der Waals surface area contributed by atoms with Crippen molar-refractivity contribution in [2.75, 3.05) is 19.8 Å². The lowest BCUT2D eigenvalue weighted by molar-refractivity contribution is -0.177. The molecule has 1 fully saturated rings. The average molecular weight is 277 g/mol. The molecule has 1 atom stereocenters. The van der Waals surface area contributed by atoms with Crippen LogP contribution >= 0.6 is 0 Å². The minimum atomic E-state index is -0.528. The fourth-order valence-corrected chi connectivity index (χ4v) is 2.72. The zero-order valence-corrected chi connectivity index (χ0v) is 12.5. The van der Waals surface area contributed by atoms with Crippen molar-refractivity contribution in [2.24, 2.45) is 0 Å². The Labute approximate surface area is 120 Å². The quantitative estimate of drug-likeness (QED) is 0.791. The number of morpholine rings is 1. The van der Waals surface area contributed by atoms with Crippen molar-refractivity contribution in [3.63, 3.8) is 0 Å². The molecule has 0 radical (unpaired) electrons. The Kier molecular flexibility index (Phi) is 4.78. The van der Waals surface area contributed by atoms with Crippen LogP contribution in [-0.4, -0.2) is 42.3 Å². The van der Waals surface area contributed by atoms with Crippen LogP contribution in [0.1, 0.15) is 26.3 Å². The van der Waals surface area contributed by atoms with E-state index in [2.05, 4.69) is 17.0 Å². The Morgan fingerprint density at radius 2 is 2.10 bits per heavy atom. The van der Waals surface area contributed by atoms with E-state index in [1.807, 2.05) is 39.0 Å². The molecule has 2 rings (SSSR count). The highest BCUT2D eigenvalue weighted by Gasteiger charge is 2.44. The second kappa shape index (κ2) is 6.37. The summed E-state index contributed by atoms with van der Waals surface area (Å²) in [7, 11) is 0. The molecule has 110 valence electrons. The molecule has 0 saturated carbocycles. The van der Waals surface area contributed by atoms with Crippen LogP contribution in [0.15, 0.2) is 30.3 Å². The van der Waals surface area contributed by atoms with Gasteiger partial charge in [-0.25, -0.2) is 0 Å². The highest BCUT2D eigenvalue weighted by atomic mass is 16.5. The van der Waals surface area contributed by atoms with E-state index in [4.69, 9.17) is 9.47 Å². The monoisotopic (exact) mass is 277 g/mol. The first-order valence-electron chi connectivity index (χ1n) is 7.13. The van der Waals surface area contributed by atoms with Crippen molar-refractivity contribution in [2.45, 2.75) is 39.0 Å². The van der Waals surface area contributed by atoms with Gasteiger partial charge in [0.25, 0.3) is 0 Å². The number of rotatable bonds is 4. The molecule has 1 heterocycles. The van der Waals surface area contributed by atoms with E-state index < -0.39 is 5.60 Å². The number of benzene rings is 1. The van der Waals surface area contributed by atoms with Gasteiger partial charge in [0, 0.05) is 13.1 Å². The van der Waals surface area contributed by atoms with Crippen LogP contribution in [0.4, 0.5) is 0 Å². The summed E-state index contributed by atoms with van der Waals surface area (Å²) >= 11 is 0. The zero-order valence-electron chi connectivity index (χ0n) is 12.5. The predicted molar refractivity (Wildman–Crippen MR) is 77.3 cm³/mol. The van der Waals surface area contributed by atoms with E-state index in [0.29, 0.717) is 13.2 Å². The van der Waals surface area contributed by atoms with Gasteiger partial charge in [-0.05, 0) is 26.3 Å². The molecule has 0 aromatic heterocycles. The SMILES string of the molecule is CCOC(=O)C1N(Cc2ccccc2)CCOC1(C)C. The van der Waals surface area contributed by atoms with E-state index in [-0.39, 0.29) is 12.0 Å². The van der Waals surface area contributed by atoms with E-state index in [1.165, 1.54) is 5.56 Å². The fourth-order valence-electron chi connectivity index (χ4n) is 2.72. The Balaban J connectivity index is 2.17. The molecular formula is C16H23NO3. The number of ether oxygens (including phenoxy) is 2. The number of carbonyl (C=O) groups excluding carboxylic acids is 1. The summed E-state index contributed by atoms with van der Waals surface area (Å²) in [6, 6.07) is 9.81. The molecule has 0 aliphatic carbocycles. The van der Waals surface area contributed by atoms with Gasteiger partial charge in [-0.1, -0.05) is 30.3 Å². The van der Waals surface area contributed by atoms with Crippen LogP contribution < -0.4 is 0 Å². The molecule has 1 aromatic carbocycles. The minimum absolute atomic E-state index is 0.201. The van der Waals surface area contributed by atoms with Crippen molar-refractivity contribution in [3.05, 3.63) is 35.9 Å². The molecule has 1 saturated heterocycles. The van der Waals surface area contributed by atoms with Crippen LogP contribution in [0.2, 0.25) is 0 Å². The first kappa shape index (κ1) is 15.0. The first-order chi connectivity index (χ1) is 9.54. The molecule has 1 aliphatic heterocycles. The summed E-state index contributed by atoms with van der Waals surface area (Å²) in [5.74, 6) is -0.201. The summed E-state index contributed by atoms with van der Waals surface area (Å²) in [5.41, 5.74) is 0.665. The molecule has 1 aliphatic rings. The van der Waals surface area contributed by atoms with Crippen molar-refractivity contribution >= 4 is 5.97 Å². The van der Waals surface area contributed by atoms with Crippen LogP contribution in [0.25, 0.3) is 0 Å². The number of hydrogen-bond donors (Lipinski definition) is 0. The van der Waals surface area contributed by atoms with Gasteiger partial charge in [-0.15, -0.1) is 0 Å². The molecular weight excluding hydrogens is 254 g/mol. The molecule has 0 N–H and O–H groups in total. The number of carbonyl (C=O) groups is 1. The van der Waals surface area contributed by atoms with Gasteiger partial charge in [-0.2, -0.15) is 0 Å². The maximum Gasteiger partial charge on any atom is 0.326 e. The lowest BCUT2D eigenvalue weighted by Crippen LogP contribution is -2.60. The third-order valence-corrected chi connectivity index (χ3v) is 3.61. The number of hydrogen-bond acceptors (Lipinski definition) is 4. The molecule has 4 nitrogen and oxygen atoms in total. The highest BCUT2D eigenvalue weighted by Crippen LogP contribution is 2.27. The summed E-state index contributed by atoms with van der Waals surface area (Å²) in [6.07, 6.45) is 0. The normalized spacial score (nSPS) is 22.4. The highest BCUT2D eigenvalue weighted by molar-refractivity contribution is 5.77. The van der Waals surface area contributed by atoms with Gasteiger partial charge in [-0.3, -0.25) is 9.69 Å². The van der Waals surface area contributed by atoms with E-state index >= 15 is 0 Å². The Hall–Kier alpha value is -1.39. The van der Waals surface area contributed by atoms with Gasteiger partial charge in [0.15, 0.2) is 0 Å². The lowest BCUT2D eigenvalue weighted by atomic mass is 9.94. The average Bonchev–Trinajstić information content (AvgIpc) is 2.39. The van der Waals surface area contributed by atoms with E-state index in [9.17, 15) is 4.79 Å². The van der Waals surface area contributed by atoms with Gasteiger partial charge in [0.2, 0.25) is 0 Å². The van der Waals surface area contributed by atoms with Crippen LogP contribution in [0.3, 0.4) is 0 Å². The molecule has 0 spiro atoms. The van der Waals surface area contributed by atoms with Crippen LogP contribution in [0, 0.1) is 0 Å². The van der Waals surface area contributed by atoms with Gasteiger partial charge >= 0.3 is 5.97 Å². The fraction of sp³-hybridized carbons (Fsp3) is 0.562. The molecule has 0 bridgehead atoms. The maximum absolute atomic E-state index is 12.3. The van der Waals surface area contributed by atoms with Gasteiger partial charge in [0.05, 0.1) is 18.8 Å². The second-order valence-corrected chi connectivity index (χ2v) is 5.56. The summed E-state index contributed by atoms with van der Waals surface area (Å²) in [5, 5.41) is 0. The Bertz CT molecular complexity index is 444. The van der Waals surface area contributed by atoms with E-state index in [0.717, 1.165) is 13.1 Å². The zero-order chi connectivity index (χ0) is 14.6. The predicted octanol–water partition coefficient (Wildman–Crippen LogP) is 2.23. The Morgan fingerprint density at radius 3 is 2.75 bits per heavy atom. The third kappa shape index (κ3) is 3.38. The number of nitrogens with zero attached hydrogens (tertiary/aromatic N) is 1. The summed E-state index contributed by atoms with van der Waals surface area (Å²) < 4.78 is 11.0. The lowest BCUT2D eigenvalue weighted by Gasteiger charge is -2.44. The summed E-state index contributed by atoms with van der Waals surface area (Å²) in [6.45, 7) is 8.23. The molecule has 0 amide bonds. The first-order valence-corrected chi connectivity index (χ1v) is 7.13. The smallest absolute Gasteiger partial charge is 0.326 e. The molecule has 20 heavy (non-hydrogen) atoms. The van der Waals surface area contributed by atoms with Crippen LogP contribution in [-0.2, 0) is 20.8 Å². The minimum Gasteiger partial charge on any atom is -0.465 e. The molecule has 4 heteroatoms.